The van der Waals surface area contributed by atoms with Crippen LogP contribution in [0.25, 0.3) is 0 Å². The molecule has 1 atom stereocenters. The Kier molecular flexibility index (Phi) is 6.36. The molecule has 2 N–H and O–H groups in total. The topological polar surface area (TPSA) is 58.2 Å². The molecular formula is C16H19F3N2O2. The van der Waals surface area contributed by atoms with E-state index in [1.807, 2.05) is 13.0 Å². The summed E-state index contributed by atoms with van der Waals surface area (Å²) in [5.41, 5.74) is 1.56. The largest absolute Gasteiger partial charge is 0.454 e. The van der Waals surface area contributed by atoms with E-state index in [0.29, 0.717) is 11.8 Å². The van der Waals surface area contributed by atoms with E-state index >= 15 is 0 Å². The minimum Gasteiger partial charge on any atom is -0.379 e. The van der Waals surface area contributed by atoms with Gasteiger partial charge in [-0.15, -0.1) is 0 Å². The maximum atomic E-state index is 12.2. The Morgan fingerprint density at radius 2 is 1.87 bits per heavy atom. The van der Waals surface area contributed by atoms with E-state index in [1.54, 1.807) is 32.0 Å². The molecule has 0 aliphatic heterocycles. The Morgan fingerprint density at radius 3 is 2.39 bits per heavy atom. The second-order valence-corrected chi connectivity index (χ2v) is 5.44. The molecule has 23 heavy (non-hydrogen) atoms. The highest BCUT2D eigenvalue weighted by Crippen LogP contribution is 2.16. The molecule has 7 heteroatoms. The average molecular weight is 328 g/mol. The summed E-state index contributed by atoms with van der Waals surface area (Å²) in [5.74, 6) is -2.56. The molecule has 0 aliphatic rings. The quantitative estimate of drug-likeness (QED) is 0.789. The molecular weight excluding hydrogens is 309 g/mol. The van der Waals surface area contributed by atoms with E-state index in [0.717, 1.165) is 11.8 Å². The number of aryl methyl sites for hydroxylation is 1. The van der Waals surface area contributed by atoms with Crippen LogP contribution in [0.3, 0.4) is 0 Å². The van der Waals surface area contributed by atoms with Crippen molar-refractivity contribution in [1.29, 1.82) is 0 Å². The van der Waals surface area contributed by atoms with Crippen molar-refractivity contribution in [3.63, 3.8) is 0 Å². The van der Waals surface area contributed by atoms with Crippen molar-refractivity contribution in [1.82, 2.24) is 5.32 Å². The van der Waals surface area contributed by atoms with Crippen LogP contribution in [0.4, 0.5) is 18.9 Å². The molecule has 0 heterocycles. The zero-order valence-electron chi connectivity index (χ0n) is 13.1. The van der Waals surface area contributed by atoms with Crippen molar-refractivity contribution in [2.45, 2.75) is 33.0 Å². The number of hydrogen-bond donors (Lipinski definition) is 2. The molecule has 0 bridgehead atoms. The van der Waals surface area contributed by atoms with Gasteiger partial charge in [0.1, 0.15) is 6.04 Å². The van der Waals surface area contributed by atoms with Crippen LogP contribution in [-0.2, 0) is 9.59 Å². The molecule has 0 saturated carbocycles. The number of benzene rings is 1. The first kappa shape index (κ1) is 18.7. The number of ketones is 1. The van der Waals surface area contributed by atoms with Gasteiger partial charge in [-0.2, -0.15) is 13.2 Å². The number of allylic oxidation sites excluding steroid dienone is 1. The molecule has 126 valence electrons. The van der Waals surface area contributed by atoms with Crippen molar-refractivity contribution in [3.8, 4) is 0 Å². The fourth-order valence-corrected chi connectivity index (χ4v) is 1.84. The zero-order valence-corrected chi connectivity index (χ0v) is 13.1. The number of rotatable bonds is 6. The minimum absolute atomic E-state index is 0.189. The van der Waals surface area contributed by atoms with Crippen LogP contribution in [0.2, 0.25) is 0 Å². The Hall–Kier alpha value is -2.31. The minimum atomic E-state index is -4.92. The monoisotopic (exact) mass is 328 g/mol. The number of hydrogen-bond acceptors (Lipinski definition) is 3. The highest BCUT2D eigenvalue weighted by Gasteiger charge is 2.36. The van der Waals surface area contributed by atoms with Crippen molar-refractivity contribution in [2.75, 3.05) is 5.32 Å². The van der Waals surface area contributed by atoms with Crippen LogP contribution >= 0.6 is 0 Å². The summed E-state index contributed by atoms with van der Waals surface area (Å²) in [6.45, 7) is 5.36. The van der Waals surface area contributed by atoms with E-state index in [-0.39, 0.29) is 5.92 Å². The molecule has 1 aromatic carbocycles. The Labute approximate surface area is 132 Å². The van der Waals surface area contributed by atoms with Gasteiger partial charge in [0.25, 0.3) is 5.78 Å². The van der Waals surface area contributed by atoms with Gasteiger partial charge in [0.15, 0.2) is 0 Å². The Balaban J connectivity index is 2.73. The summed E-state index contributed by atoms with van der Waals surface area (Å²) in [5, 5.41) is 5.23. The van der Waals surface area contributed by atoms with Crippen LogP contribution in [0.5, 0.6) is 0 Å². The molecule has 0 radical (unpaired) electrons. The zero-order chi connectivity index (χ0) is 17.6. The molecule has 1 rings (SSSR count). The van der Waals surface area contributed by atoms with E-state index < -0.39 is 23.9 Å². The van der Waals surface area contributed by atoms with Crippen molar-refractivity contribution in [3.05, 3.63) is 42.1 Å². The summed E-state index contributed by atoms with van der Waals surface area (Å²) in [6.07, 6.45) is -3.69. The number of anilines is 1. The smallest absolute Gasteiger partial charge is 0.379 e. The number of nitrogens with one attached hydrogen (secondary N) is 2. The lowest BCUT2D eigenvalue weighted by atomic mass is 10.0. The van der Waals surface area contributed by atoms with Crippen LogP contribution in [-0.4, -0.2) is 23.9 Å². The molecule has 0 aliphatic carbocycles. The van der Waals surface area contributed by atoms with Crippen LogP contribution < -0.4 is 10.6 Å². The number of carbonyl (C=O) groups excluding carboxylic acids is 2. The predicted molar refractivity (Wildman–Crippen MR) is 81.8 cm³/mol. The average Bonchev–Trinajstić information content (AvgIpc) is 2.41. The third-order valence-electron chi connectivity index (χ3n) is 3.02. The normalized spacial score (nSPS) is 13.2. The lowest BCUT2D eigenvalue weighted by Crippen LogP contribution is -2.42. The van der Waals surface area contributed by atoms with Gasteiger partial charge in [-0.25, -0.2) is 0 Å². The lowest BCUT2D eigenvalue weighted by Gasteiger charge is -2.20. The summed E-state index contributed by atoms with van der Waals surface area (Å²) < 4.78 is 36.3. The van der Waals surface area contributed by atoms with Crippen molar-refractivity contribution >= 4 is 17.4 Å². The lowest BCUT2D eigenvalue weighted by molar-refractivity contribution is -0.165. The summed E-state index contributed by atoms with van der Waals surface area (Å²) in [7, 11) is 0. The fraction of sp³-hybridized carbons (Fsp3) is 0.375. The van der Waals surface area contributed by atoms with Crippen molar-refractivity contribution in [2.24, 2.45) is 5.92 Å². The van der Waals surface area contributed by atoms with Gasteiger partial charge in [0.05, 0.1) is 0 Å². The van der Waals surface area contributed by atoms with Gasteiger partial charge in [-0.05, 0) is 30.5 Å². The summed E-state index contributed by atoms with van der Waals surface area (Å²) >= 11 is 0. The first-order valence-corrected chi connectivity index (χ1v) is 7.02. The maximum absolute atomic E-state index is 12.2. The summed E-state index contributed by atoms with van der Waals surface area (Å²) in [4.78, 5) is 23.0. The Bertz CT molecular complexity index is 595. The second-order valence-electron chi connectivity index (χ2n) is 5.44. The van der Waals surface area contributed by atoms with Gasteiger partial charge in [0, 0.05) is 18.0 Å². The van der Waals surface area contributed by atoms with Gasteiger partial charge in [-0.1, -0.05) is 26.0 Å². The number of halogens is 3. The molecule has 1 aromatic rings. The molecule has 0 fully saturated rings. The van der Waals surface area contributed by atoms with E-state index in [2.05, 4.69) is 10.6 Å². The van der Waals surface area contributed by atoms with Crippen LogP contribution in [0, 0.1) is 12.8 Å². The second kappa shape index (κ2) is 7.80. The Morgan fingerprint density at radius 1 is 1.22 bits per heavy atom. The first-order valence-electron chi connectivity index (χ1n) is 7.02. The van der Waals surface area contributed by atoms with E-state index in [9.17, 15) is 22.8 Å². The van der Waals surface area contributed by atoms with E-state index in [1.165, 1.54) is 0 Å². The molecule has 0 saturated heterocycles. The maximum Gasteiger partial charge on any atom is 0.454 e. The van der Waals surface area contributed by atoms with Gasteiger partial charge in [-0.3, -0.25) is 9.59 Å². The van der Waals surface area contributed by atoms with Gasteiger partial charge < -0.3 is 10.6 Å². The number of carbonyl (C=O) groups is 2. The third-order valence-corrected chi connectivity index (χ3v) is 3.02. The highest BCUT2D eigenvalue weighted by molar-refractivity contribution is 5.96. The fourth-order valence-electron chi connectivity index (χ4n) is 1.84. The number of alkyl halides is 3. The molecule has 0 spiro atoms. The van der Waals surface area contributed by atoms with Gasteiger partial charge in [0.2, 0.25) is 5.91 Å². The molecule has 1 amide bonds. The van der Waals surface area contributed by atoms with Gasteiger partial charge >= 0.3 is 6.18 Å². The third kappa shape index (κ3) is 6.14. The van der Waals surface area contributed by atoms with Crippen LogP contribution in [0.15, 0.2) is 36.5 Å². The van der Waals surface area contributed by atoms with Crippen LogP contribution in [0.1, 0.15) is 19.4 Å². The molecule has 4 nitrogen and oxygen atoms in total. The molecule has 0 aromatic heterocycles. The summed E-state index contributed by atoms with van der Waals surface area (Å²) in [6, 6.07) is 6.38. The number of amides is 1. The standard InChI is InChI=1S/C16H19F3N2O2/c1-10(2)14(20-8-7-13(22)16(17,18)19)15(23)21-12-6-4-5-11(3)9-12/h4-10,14,20H,1-3H3,(H,21,23)/b8-7+. The highest BCUT2D eigenvalue weighted by atomic mass is 19.4. The molecule has 1 unspecified atom stereocenters. The predicted octanol–water partition coefficient (Wildman–Crippen LogP) is 3.19. The first-order chi connectivity index (χ1) is 10.6. The van der Waals surface area contributed by atoms with E-state index in [4.69, 9.17) is 0 Å². The van der Waals surface area contributed by atoms with Crippen molar-refractivity contribution < 1.29 is 22.8 Å². The SMILES string of the molecule is Cc1cccc(NC(=O)C(N/C=C/C(=O)C(F)(F)F)C(C)C)c1.